The molecule has 1 aliphatic carbocycles. The van der Waals surface area contributed by atoms with Gasteiger partial charge in [-0.2, -0.15) is 0 Å². The van der Waals surface area contributed by atoms with Crippen LogP contribution in [0, 0.1) is 5.82 Å². The van der Waals surface area contributed by atoms with Crippen LogP contribution in [0.2, 0.25) is 0 Å². The first-order valence-corrected chi connectivity index (χ1v) is 6.67. The Morgan fingerprint density at radius 2 is 1.85 bits per heavy atom. The standard InChI is InChI=1S/C17H17FN2/c18-14-8-6-12(7-9-14)11-17(20)10-2-4-13-3-1-5-15(19)16(13)17/h1-9H,10-11,19-20H2. The van der Waals surface area contributed by atoms with Gasteiger partial charge in [0, 0.05) is 11.3 Å². The third-order valence-corrected chi connectivity index (χ3v) is 3.84. The van der Waals surface area contributed by atoms with Crippen LogP contribution in [-0.2, 0) is 12.0 Å². The molecule has 2 aromatic carbocycles. The summed E-state index contributed by atoms with van der Waals surface area (Å²) in [6.07, 6.45) is 5.50. The molecule has 2 aromatic rings. The Labute approximate surface area is 117 Å². The van der Waals surface area contributed by atoms with E-state index in [1.807, 2.05) is 18.2 Å². The van der Waals surface area contributed by atoms with E-state index in [2.05, 4.69) is 12.2 Å². The van der Waals surface area contributed by atoms with Crippen molar-refractivity contribution in [2.45, 2.75) is 18.4 Å². The first-order valence-electron chi connectivity index (χ1n) is 6.67. The summed E-state index contributed by atoms with van der Waals surface area (Å²) in [6.45, 7) is 0. The van der Waals surface area contributed by atoms with Crippen molar-refractivity contribution in [1.29, 1.82) is 0 Å². The summed E-state index contributed by atoms with van der Waals surface area (Å²) in [6, 6.07) is 12.3. The second kappa shape index (κ2) is 4.76. The van der Waals surface area contributed by atoms with Crippen molar-refractivity contribution < 1.29 is 4.39 Å². The molecule has 0 radical (unpaired) electrons. The zero-order valence-corrected chi connectivity index (χ0v) is 11.1. The first-order chi connectivity index (χ1) is 9.58. The molecule has 20 heavy (non-hydrogen) atoms. The van der Waals surface area contributed by atoms with Crippen LogP contribution in [0.5, 0.6) is 0 Å². The number of fused-ring (bicyclic) bond motifs is 1. The molecule has 0 spiro atoms. The molecule has 1 unspecified atom stereocenters. The molecule has 0 amide bonds. The Morgan fingerprint density at radius 1 is 1.10 bits per heavy atom. The molecule has 0 heterocycles. The van der Waals surface area contributed by atoms with Gasteiger partial charge in [-0.3, -0.25) is 0 Å². The Kier molecular flexibility index (Phi) is 3.07. The summed E-state index contributed by atoms with van der Waals surface area (Å²) < 4.78 is 13.0. The lowest BCUT2D eigenvalue weighted by Gasteiger charge is -2.34. The van der Waals surface area contributed by atoms with Gasteiger partial charge >= 0.3 is 0 Å². The minimum absolute atomic E-state index is 0.233. The Bertz CT molecular complexity index is 661. The van der Waals surface area contributed by atoms with E-state index in [1.54, 1.807) is 12.1 Å². The molecule has 2 nitrogen and oxygen atoms in total. The van der Waals surface area contributed by atoms with E-state index in [-0.39, 0.29) is 5.82 Å². The van der Waals surface area contributed by atoms with Crippen LogP contribution in [0.3, 0.4) is 0 Å². The van der Waals surface area contributed by atoms with Crippen LogP contribution in [0.4, 0.5) is 10.1 Å². The van der Waals surface area contributed by atoms with E-state index >= 15 is 0 Å². The number of rotatable bonds is 2. The lowest BCUT2D eigenvalue weighted by Crippen LogP contribution is -2.41. The summed E-state index contributed by atoms with van der Waals surface area (Å²) in [7, 11) is 0. The molecule has 3 rings (SSSR count). The normalized spacial score (nSPS) is 20.7. The molecule has 0 bridgehead atoms. The highest BCUT2D eigenvalue weighted by Gasteiger charge is 2.32. The quantitative estimate of drug-likeness (QED) is 0.822. The maximum absolute atomic E-state index is 13.0. The van der Waals surface area contributed by atoms with Crippen molar-refractivity contribution in [3.05, 3.63) is 71.0 Å². The van der Waals surface area contributed by atoms with Crippen molar-refractivity contribution in [2.24, 2.45) is 5.73 Å². The smallest absolute Gasteiger partial charge is 0.123 e. The van der Waals surface area contributed by atoms with Crippen LogP contribution in [0.1, 0.15) is 23.1 Å². The Morgan fingerprint density at radius 3 is 2.60 bits per heavy atom. The van der Waals surface area contributed by atoms with Gasteiger partial charge in [0.2, 0.25) is 0 Å². The van der Waals surface area contributed by atoms with Gasteiger partial charge < -0.3 is 11.5 Å². The Hall–Kier alpha value is -2.13. The molecule has 1 aliphatic rings. The maximum atomic E-state index is 13.0. The van der Waals surface area contributed by atoms with Crippen LogP contribution in [0.25, 0.3) is 6.08 Å². The number of nitrogens with two attached hydrogens (primary N) is 2. The summed E-state index contributed by atoms with van der Waals surface area (Å²) in [4.78, 5) is 0. The third kappa shape index (κ3) is 2.21. The molecule has 102 valence electrons. The highest BCUT2D eigenvalue weighted by Crippen LogP contribution is 2.37. The fourth-order valence-electron chi connectivity index (χ4n) is 2.93. The van der Waals surface area contributed by atoms with Crippen LogP contribution >= 0.6 is 0 Å². The summed E-state index contributed by atoms with van der Waals surface area (Å²) in [5.74, 6) is -0.233. The minimum atomic E-state index is -0.534. The van der Waals surface area contributed by atoms with Gasteiger partial charge in [-0.15, -0.1) is 0 Å². The van der Waals surface area contributed by atoms with Crippen molar-refractivity contribution >= 4 is 11.8 Å². The number of halogens is 1. The third-order valence-electron chi connectivity index (χ3n) is 3.84. The molecule has 0 fully saturated rings. The second-order valence-corrected chi connectivity index (χ2v) is 5.38. The fourth-order valence-corrected chi connectivity index (χ4v) is 2.93. The molecular weight excluding hydrogens is 251 g/mol. The molecule has 4 N–H and O–H groups in total. The zero-order valence-electron chi connectivity index (χ0n) is 11.1. The second-order valence-electron chi connectivity index (χ2n) is 5.38. The van der Waals surface area contributed by atoms with Crippen LogP contribution < -0.4 is 11.5 Å². The van der Waals surface area contributed by atoms with E-state index in [9.17, 15) is 4.39 Å². The summed E-state index contributed by atoms with van der Waals surface area (Å²) in [5.41, 5.74) is 16.0. The first kappa shape index (κ1) is 12.9. The molecule has 0 saturated heterocycles. The monoisotopic (exact) mass is 268 g/mol. The predicted octanol–water partition coefficient (Wildman–Crippen LogP) is 3.22. The van der Waals surface area contributed by atoms with Gasteiger partial charge in [0.05, 0.1) is 5.54 Å². The number of hydrogen-bond acceptors (Lipinski definition) is 2. The molecule has 3 heteroatoms. The fraction of sp³-hybridized carbons (Fsp3) is 0.176. The lowest BCUT2D eigenvalue weighted by molar-refractivity contribution is 0.444. The Balaban J connectivity index is 2.01. The maximum Gasteiger partial charge on any atom is 0.123 e. The average Bonchev–Trinajstić information content (AvgIpc) is 2.41. The zero-order chi connectivity index (χ0) is 14.2. The molecule has 0 aliphatic heterocycles. The van der Waals surface area contributed by atoms with Crippen molar-refractivity contribution in [2.75, 3.05) is 5.73 Å². The summed E-state index contributed by atoms with van der Waals surface area (Å²) >= 11 is 0. The van der Waals surface area contributed by atoms with Gasteiger partial charge in [0.15, 0.2) is 0 Å². The molecule has 0 aromatic heterocycles. The SMILES string of the molecule is Nc1cccc2c1C(N)(Cc1ccc(F)cc1)CC=C2. The predicted molar refractivity (Wildman–Crippen MR) is 80.5 cm³/mol. The lowest BCUT2D eigenvalue weighted by atomic mass is 9.76. The van der Waals surface area contributed by atoms with Gasteiger partial charge in [0.1, 0.15) is 5.82 Å². The molecular formula is C17H17FN2. The highest BCUT2D eigenvalue weighted by atomic mass is 19.1. The molecule has 0 saturated carbocycles. The molecule has 1 atom stereocenters. The number of nitrogen functional groups attached to an aromatic ring is 1. The van der Waals surface area contributed by atoms with E-state index < -0.39 is 5.54 Å². The van der Waals surface area contributed by atoms with Crippen molar-refractivity contribution in [1.82, 2.24) is 0 Å². The van der Waals surface area contributed by atoms with Crippen molar-refractivity contribution in [3.63, 3.8) is 0 Å². The van der Waals surface area contributed by atoms with Gasteiger partial charge in [0.25, 0.3) is 0 Å². The van der Waals surface area contributed by atoms with E-state index in [4.69, 9.17) is 11.5 Å². The van der Waals surface area contributed by atoms with Gasteiger partial charge in [-0.05, 0) is 42.2 Å². The number of benzene rings is 2. The minimum Gasteiger partial charge on any atom is -0.398 e. The highest BCUT2D eigenvalue weighted by molar-refractivity contribution is 5.68. The summed E-state index contributed by atoms with van der Waals surface area (Å²) in [5, 5.41) is 0. The number of anilines is 1. The van der Waals surface area contributed by atoms with Gasteiger partial charge in [-0.25, -0.2) is 4.39 Å². The number of hydrogen-bond donors (Lipinski definition) is 2. The van der Waals surface area contributed by atoms with E-state index in [0.717, 1.165) is 28.8 Å². The average molecular weight is 268 g/mol. The van der Waals surface area contributed by atoms with Crippen molar-refractivity contribution in [3.8, 4) is 0 Å². The van der Waals surface area contributed by atoms with E-state index in [0.29, 0.717) is 6.42 Å². The van der Waals surface area contributed by atoms with Crippen LogP contribution in [0.15, 0.2) is 48.5 Å². The van der Waals surface area contributed by atoms with Gasteiger partial charge in [-0.1, -0.05) is 36.4 Å². The van der Waals surface area contributed by atoms with E-state index in [1.165, 1.54) is 12.1 Å². The topological polar surface area (TPSA) is 52.0 Å². The largest absolute Gasteiger partial charge is 0.398 e. The van der Waals surface area contributed by atoms with Crippen LogP contribution in [-0.4, -0.2) is 0 Å².